The number of halogens is 4. The summed E-state index contributed by atoms with van der Waals surface area (Å²) in [7, 11) is -3.23. The molecular weight excluding hydrogens is 605 g/mol. The number of esters is 1. The number of carbonyl (C=O) groups excluding carboxylic acids is 2. The Bertz CT molecular complexity index is 1840. The van der Waals surface area contributed by atoms with Crippen molar-refractivity contribution in [3.63, 3.8) is 0 Å². The van der Waals surface area contributed by atoms with Crippen molar-refractivity contribution >= 4 is 56.1 Å². The molecule has 0 saturated carbocycles. The molecule has 42 heavy (non-hydrogen) atoms. The summed E-state index contributed by atoms with van der Waals surface area (Å²) in [5.41, 5.74) is 6.59. The van der Waals surface area contributed by atoms with E-state index in [1.165, 1.54) is 0 Å². The van der Waals surface area contributed by atoms with Crippen molar-refractivity contribution < 1.29 is 35.9 Å². The van der Waals surface area contributed by atoms with Crippen LogP contribution in [-0.2, 0) is 14.6 Å². The van der Waals surface area contributed by atoms with Crippen LogP contribution in [0, 0.1) is 6.92 Å². The molecule has 0 radical (unpaired) electrons. The molecule has 1 saturated heterocycles. The minimum atomic E-state index is -5.26. The highest BCUT2D eigenvalue weighted by atomic mass is 35.5. The third-order valence-corrected chi connectivity index (χ3v) is 8.76. The third kappa shape index (κ3) is 5.53. The van der Waals surface area contributed by atoms with E-state index >= 15 is 0 Å². The highest BCUT2D eigenvalue weighted by molar-refractivity contribution is 7.91. The predicted octanol–water partition coefficient (Wildman–Crippen LogP) is 2.50. The van der Waals surface area contributed by atoms with Gasteiger partial charge >= 0.3 is 12.1 Å². The number of anilines is 2. The van der Waals surface area contributed by atoms with Crippen molar-refractivity contribution in [1.82, 2.24) is 29.3 Å². The molecule has 18 heteroatoms. The molecule has 1 atom stereocenters. The SMILES string of the molecule is Cc1ncc2c(Cl)cc(C(C)NC(=O)c3c(N)nn4ccc(OC(=O)C(F)(F)F)nc34)c(N3CCCS(=O)(=O)CC3)n12. The lowest BCUT2D eigenvalue weighted by Gasteiger charge is -2.29. The fourth-order valence-electron chi connectivity index (χ4n) is 4.78. The Labute approximate surface area is 241 Å². The molecule has 1 aliphatic rings. The van der Waals surface area contributed by atoms with Crippen molar-refractivity contribution in [2.24, 2.45) is 0 Å². The minimum absolute atomic E-state index is 0.0477. The van der Waals surface area contributed by atoms with Crippen molar-refractivity contribution in [1.29, 1.82) is 0 Å². The quantitative estimate of drug-likeness (QED) is 0.314. The molecule has 5 rings (SSSR count). The van der Waals surface area contributed by atoms with Crippen LogP contribution in [0.5, 0.6) is 5.88 Å². The van der Waals surface area contributed by atoms with Gasteiger partial charge in [0.2, 0.25) is 5.88 Å². The number of aryl methyl sites for hydroxylation is 1. The Balaban J connectivity index is 1.52. The van der Waals surface area contributed by atoms with Gasteiger partial charge < -0.3 is 20.7 Å². The first-order chi connectivity index (χ1) is 19.7. The van der Waals surface area contributed by atoms with Crippen LogP contribution in [0.15, 0.2) is 24.5 Å². The zero-order chi connectivity index (χ0) is 30.6. The largest absolute Gasteiger partial charge is 0.491 e. The van der Waals surface area contributed by atoms with E-state index in [1.54, 1.807) is 30.5 Å². The smallest absolute Gasteiger partial charge is 0.401 e. The second-order valence-electron chi connectivity index (χ2n) is 9.67. The van der Waals surface area contributed by atoms with Gasteiger partial charge in [-0.05, 0) is 26.3 Å². The molecule has 1 unspecified atom stereocenters. The van der Waals surface area contributed by atoms with Gasteiger partial charge in [0.1, 0.15) is 17.2 Å². The van der Waals surface area contributed by atoms with Crippen LogP contribution in [0.2, 0.25) is 5.02 Å². The zero-order valence-electron chi connectivity index (χ0n) is 22.1. The number of alkyl halides is 3. The summed E-state index contributed by atoms with van der Waals surface area (Å²) in [5.74, 6) is -3.07. The van der Waals surface area contributed by atoms with E-state index in [2.05, 4.69) is 25.1 Å². The zero-order valence-corrected chi connectivity index (χ0v) is 23.7. The van der Waals surface area contributed by atoms with Gasteiger partial charge in [0.15, 0.2) is 21.3 Å². The van der Waals surface area contributed by atoms with Gasteiger partial charge in [-0.25, -0.2) is 22.7 Å². The molecule has 0 spiro atoms. The molecule has 1 fully saturated rings. The van der Waals surface area contributed by atoms with Crippen LogP contribution in [0.4, 0.5) is 24.8 Å². The van der Waals surface area contributed by atoms with E-state index in [9.17, 15) is 31.2 Å². The molecule has 0 bridgehead atoms. The van der Waals surface area contributed by atoms with E-state index in [1.807, 2.05) is 4.90 Å². The summed E-state index contributed by atoms with van der Waals surface area (Å²) < 4.78 is 69.8. The Morgan fingerprint density at radius 3 is 2.69 bits per heavy atom. The molecule has 224 valence electrons. The van der Waals surface area contributed by atoms with Crippen LogP contribution < -0.4 is 20.7 Å². The Hall–Kier alpha value is -4.12. The number of imidazole rings is 1. The number of sulfone groups is 1. The van der Waals surface area contributed by atoms with Gasteiger partial charge in [0.05, 0.1) is 34.3 Å². The normalized spacial score (nSPS) is 16.4. The van der Waals surface area contributed by atoms with Gasteiger partial charge in [-0.3, -0.25) is 9.20 Å². The molecule has 1 amide bonds. The van der Waals surface area contributed by atoms with Crippen LogP contribution in [0.3, 0.4) is 0 Å². The summed E-state index contributed by atoms with van der Waals surface area (Å²) in [6, 6.07) is 1.87. The number of amides is 1. The minimum Gasteiger partial charge on any atom is -0.401 e. The summed E-state index contributed by atoms with van der Waals surface area (Å²) >= 11 is 6.59. The highest BCUT2D eigenvalue weighted by Gasteiger charge is 2.41. The lowest BCUT2D eigenvalue weighted by molar-refractivity contribution is -0.189. The summed E-state index contributed by atoms with van der Waals surface area (Å²) in [6.45, 7) is 4.06. The van der Waals surface area contributed by atoms with E-state index in [0.717, 1.165) is 16.8 Å². The van der Waals surface area contributed by atoms with E-state index in [0.29, 0.717) is 40.7 Å². The van der Waals surface area contributed by atoms with Gasteiger partial charge in [0.25, 0.3) is 5.91 Å². The average molecular weight is 629 g/mol. The molecule has 13 nitrogen and oxygen atoms in total. The van der Waals surface area contributed by atoms with Gasteiger partial charge in [-0.15, -0.1) is 5.10 Å². The first-order valence-electron chi connectivity index (χ1n) is 12.5. The van der Waals surface area contributed by atoms with Crippen LogP contribution in [0.1, 0.15) is 41.1 Å². The monoisotopic (exact) mass is 628 g/mol. The van der Waals surface area contributed by atoms with Crippen molar-refractivity contribution in [2.45, 2.75) is 32.5 Å². The number of nitrogens with one attached hydrogen (secondary N) is 1. The second-order valence-corrected chi connectivity index (χ2v) is 12.4. The molecule has 4 aromatic rings. The average Bonchev–Trinajstić information content (AvgIpc) is 3.38. The number of hydrogen-bond donors (Lipinski definition) is 2. The molecule has 3 N–H and O–H groups in total. The van der Waals surface area contributed by atoms with E-state index < -0.39 is 39.8 Å². The molecular formula is C24H24ClF3N8O5S. The van der Waals surface area contributed by atoms with Gasteiger partial charge in [-0.2, -0.15) is 18.2 Å². The van der Waals surface area contributed by atoms with Gasteiger partial charge in [0, 0.05) is 30.9 Å². The van der Waals surface area contributed by atoms with Crippen LogP contribution >= 0.6 is 11.6 Å². The number of nitrogen functional groups attached to an aromatic ring is 1. The number of pyridine rings is 1. The van der Waals surface area contributed by atoms with Gasteiger partial charge in [-0.1, -0.05) is 11.6 Å². The number of hydrogen-bond acceptors (Lipinski definition) is 10. The lowest BCUT2D eigenvalue weighted by atomic mass is 10.1. The number of fused-ring (bicyclic) bond motifs is 2. The number of ether oxygens (including phenoxy) is 1. The molecule has 1 aliphatic heterocycles. The van der Waals surface area contributed by atoms with Crippen LogP contribution in [0.25, 0.3) is 11.2 Å². The number of nitrogens with zero attached hydrogens (tertiary/aromatic N) is 6. The number of nitrogens with two attached hydrogens (primary N) is 1. The van der Waals surface area contributed by atoms with Crippen LogP contribution in [-0.4, -0.2) is 75.0 Å². The van der Waals surface area contributed by atoms with E-state index in [-0.39, 0.29) is 35.1 Å². The maximum absolute atomic E-state index is 13.5. The van der Waals surface area contributed by atoms with E-state index in [4.69, 9.17) is 17.3 Å². The Kier molecular flexibility index (Phi) is 7.42. The number of carbonyl (C=O) groups is 2. The molecule has 0 aliphatic carbocycles. The second kappa shape index (κ2) is 10.6. The molecule has 4 aromatic heterocycles. The summed E-state index contributed by atoms with van der Waals surface area (Å²) in [5, 5.41) is 7.10. The Morgan fingerprint density at radius 2 is 1.98 bits per heavy atom. The lowest BCUT2D eigenvalue weighted by Crippen LogP contribution is -2.33. The fourth-order valence-corrected chi connectivity index (χ4v) is 6.30. The fraction of sp³-hybridized carbons (Fsp3) is 0.375. The Morgan fingerprint density at radius 1 is 1.24 bits per heavy atom. The predicted molar refractivity (Wildman–Crippen MR) is 145 cm³/mol. The third-order valence-electron chi connectivity index (χ3n) is 6.75. The van der Waals surface area contributed by atoms with Crippen molar-refractivity contribution in [3.8, 4) is 5.88 Å². The first kappa shape index (κ1) is 29.4. The maximum Gasteiger partial charge on any atom is 0.491 e. The highest BCUT2D eigenvalue weighted by Crippen LogP contribution is 2.35. The van der Waals surface area contributed by atoms with Crippen molar-refractivity contribution in [3.05, 3.63) is 46.5 Å². The number of rotatable bonds is 5. The summed E-state index contributed by atoms with van der Waals surface area (Å²) in [6.07, 6.45) is -2.13. The summed E-state index contributed by atoms with van der Waals surface area (Å²) in [4.78, 5) is 34.9. The molecule has 5 heterocycles. The standard InChI is InChI=1S/C24H24ClF3N8O5S/c1-12(31-21(37)18-19(29)33-35-6-4-17(32-20(18)35)41-23(38)24(26,27)28)14-10-15(25)16-11-30-13(2)36(16)22(14)34-5-3-8-42(39,40)9-7-34/h4,6,10-12H,3,5,7-9H2,1-2H3,(H2,29,33)(H,31,37). The first-order valence-corrected chi connectivity index (χ1v) is 14.7. The van der Waals surface area contributed by atoms with Crippen molar-refractivity contribution in [2.75, 3.05) is 35.2 Å². The topological polar surface area (TPSA) is 166 Å². The maximum atomic E-state index is 13.5. The molecule has 0 aromatic carbocycles. The number of aromatic nitrogens is 5.